The molecule has 5 heteroatoms. The standard InChI is InChI=1S/C11H17N5/c1-5-11(2,3)15-9-8-6-14-16(4)10(8)13-7-12-9/h6-7H,5H2,1-4H3,(H,12,13,15). The molecule has 2 aromatic heterocycles. The van der Waals surface area contributed by atoms with E-state index >= 15 is 0 Å². The second-order valence-corrected chi connectivity index (χ2v) is 4.59. The highest BCUT2D eigenvalue weighted by molar-refractivity contribution is 5.86. The molecule has 0 saturated heterocycles. The van der Waals surface area contributed by atoms with Crippen molar-refractivity contribution in [3.8, 4) is 0 Å². The molecule has 0 unspecified atom stereocenters. The van der Waals surface area contributed by atoms with E-state index in [0.717, 1.165) is 23.3 Å². The van der Waals surface area contributed by atoms with Crippen molar-refractivity contribution in [1.29, 1.82) is 0 Å². The van der Waals surface area contributed by atoms with Gasteiger partial charge in [0.25, 0.3) is 0 Å². The average Bonchev–Trinajstić information content (AvgIpc) is 2.62. The van der Waals surface area contributed by atoms with Gasteiger partial charge in [0, 0.05) is 12.6 Å². The Morgan fingerprint density at radius 1 is 1.38 bits per heavy atom. The third-order valence-corrected chi connectivity index (χ3v) is 2.87. The van der Waals surface area contributed by atoms with E-state index in [0.29, 0.717) is 0 Å². The number of hydrogen-bond acceptors (Lipinski definition) is 4. The lowest BCUT2D eigenvalue weighted by molar-refractivity contribution is 0.545. The van der Waals surface area contributed by atoms with Gasteiger partial charge in [-0.3, -0.25) is 4.68 Å². The molecule has 5 nitrogen and oxygen atoms in total. The molecule has 0 spiro atoms. The molecule has 0 aliphatic carbocycles. The minimum atomic E-state index is 0.0249. The first-order valence-corrected chi connectivity index (χ1v) is 5.44. The van der Waals surface area contributed by atoms with Crippen molar-refractivity contribution in [2.75, 3.05) is 5.32 Å². The molecule has 16 heavy (non-hydrogen) atoms. The molecule has 0 bridgehead atoms. The Morgan fingerprint density at radius 2 is 2.12 bits per heavy atom. The van der Waals surface area contributed by atoms with Gasteiger partial charge in [-0.1, -0.05) is 6.92 Å². The number of fused-ring (bicyclic) bond motifs is 1. The largest absolute Gasteiger partial charge is 0.364 e. The zero-order valence-electron chi connectivity index (χ0n) is 10.2. The van der Waals surface area contributed by atoms with Crippen LogP contribution < -0.4 is 5.32 Å². The Bertz CT molecular complexity index is 500. The molecule has 0 aliphatic rings. The molecular weight excluding hydrogens is 202 g/mol. The molecule has 0 aliphatic heterocycles. The third-order valence-electron chi connectivity index (χ3n) is 2.87. The van der Waals surface area contributed by atoms with Gasteiger partial charge in [-0.2, -0.15) is 5.10 Å². The van der Waals surface area contributed by atoms with Crippen LogP contribution in [0.1, 0.15) is 27.2 Å². The van der Waals surface area contributed by atoms with Crippen molar-refractivity contribution in [3.63, 3.8) is 0 Å². The predicted octanol–water partition coefficient (Wildman–Crippen LogP) is 1.96. The SMILES string of the molecule is CCC(C)(C)Nc1ncnc2c1cnn2C. The highest BCUT2D eigenvalue weighted by Crippen LogP contribution is 2.22. The first-order chi connectivity index (χ1) is 7.53. The zero-order chi connectivity index (χ0) is 11.8. The van der Waals surface area contributed by atoms with E-state index in [-0.39, 0.29) is 5.54 Å². The average molecular weight is 219 g/mol. The summed E-state index contributed by atoms with van der Waals surface area (Å²) < 4.78 is 1.75. The van der Waals surface area contributed by atoms with Gasteiger partial charge in [-0.25, -0.2) is 9.97 Å². The molecular formula is C11H17N5. The van der Waals surface area contributed by atoms with Crippen LogP contribution in [0, 0.1) is 0 Å². The second kappa shape index (κ2) is 3.73. The topological polar surface area (TPSA) is 55.6 Å². The van der Waals surface area contributed by atoms with Gasteiger partial charge in [0.05, 0.1) is 11.6 Å². The maximum Gasteiger partial charge on any atom is 0.163 e. The number of hydrogen-bond donors (Lipinski definition) is 1. The molecule has 0 saturated carbocycles. The third kappa shape index (κ3) is 1.85. The maximum atomic E-state index is 4.28. The highest BCUT2D eigenvalue weighted by Gasteiger charge is 2.17. The van der Waals surface area contributed by atoms with Crippen LogP contribution >= 0.6 is 0 Å². The van der Waals surface area contributed by atoms with Crippen molar-refractivity contribution >= 4 is 16.9 Å². The second-order valence-electron chi connectivity index (χ2n) is 4.59. The Balaban J connectivity index is 2.45. The van der Waals surface area contributed by atoms with E-state index < -0.39 is 0 Å². The lowest BCUT2D eigenvalue weighted by Crippen LogP contribution is -2.30. The molecule has 2 aromatic rings. The minimum absolute atomic E-state index is 0.0249. The van der Waals surface area contributed by atoms with Gasteiger partial charge in [0.1, 0.15) is 12.1 Å². The van der Waals surface area contributed by atoms with E-state index in [1.54, 1.807) is 17.2 Å². The van der Waals surface area contributed by atoms with E-state index in [4.69, 9.17) is 0 Å². The van der Waals surface area contributed by atoms with Crippen LogP contribution in [-0.4, -0.2) is 25.3 Å². The fourth-order valence-electron chi connectivity index (χ4n) is 1.47. The van der Waals surface area contributed by atoms with Crippen LogP contribution in [0.15, 0.2) is 12.5 Å². The summed E-state index contributed by atoms with van der Waals surface area (Å²) in [6, 6.07) is 0. The van der Waals surface area contributed by atoms with E-state index in [1.165, 1.54) is 0 Å². The number of nitrogens with one attached hydrogen (secondary N) is 1. The smallest absolute Gasteiger partial charge is 0.163 e. The molecule has 86 valence electrons. The van der Waals surface area contributed by atoms with Crippen molar-refractivity contribution in [1.82, 2.24) is 19.7 Å². The Kier molecular flexibility index (Phi) is 2.53. The maximum absolute atomic E-state index is 4.28. The molecule has 0 fully saturated rings. The Labute approximate surface area is 94.9 Å². The lowest BCUT2D eigenvalue weighted by atomic mass is 10.0. The predicted molar refractivity (Wildman–Crippen MR) is 64.3 cm³/mol. The summed E-state index contributed by atoms with van der Waals surface area (Å²) in [6.45, 7) is 6.45. The summed E-state index contributed by atoms with van der Waals surface area (Å²) in [5.41, 5.74) is 0.876. The molecule has 0 aromatic carbocycles. The molecule has 2 rings (SSSR count). The summed E-state index contributed by atoms with van der Waals surface area (Å²) in [6.07, 6.45) is 4.39. The molecule has 0 atom stereocenters. The minimum Gasteiger partial charge on any atom is -0.364 e. The summed E-state index contributed by atoms with van der Waals surface area (Å²) in [4.78, 5) is 8.48. The monoisotopic (exact) mass is 219 g/mol. The summed E-state index contributed by atoms with van der Waals surface area (Å²) in [5, 5.41) is 8.57. The summed E-state index contributed by atoms with van der Waals surface area (Å²) in [7, 11) is 1.88. The van der Waals surface area contributed by atoms with Crippen molar-refractivity contribution in [3.05, 3.63) is 12.5 Å². The van der Waals surface area contributed by atoms with Gasteiger partial charge >= 0.3 is 0 Å². The van der Waals surface area contributed by atoms with Gasteiger partial charge in [-0.15, -0.1) is 0 Å². The quantitative estimate of drug-likeness (QED) is 0.857. The highest BCUT2D eigenvalue weighted by atomic mass is 15.3. The van der Waals surface area contributed by atoms with Crippen molar-refractivity contribution < 1.29 is 0 Å². The van der Waals surface area contributed by atoms with Crippen LogP contribution in [0.3, 0.4) is 0 Å². The fourth-order valence-corrected chi connectivity index (χ4v) is 1.47. The van der Waals surface area contributed by atoms with E-state index in [2.05, 4.69) is 41.2 Å². The molecule has 0 amide bonds. The summed E-state index contributed by atoms with van der Waals surface area (Å²) in [5.74, 6) is 0.852. The van der Waals surface area contributed by atoms with Gasteiger partial charge in [-0.05, 0) is 20.3 Å². The van der Waals surface area contributed by atoms with Gasteiger partial charge in [0.15, 0.2) is 5.65 Å². The lowest BCUT2D eigenvalue weighted by Gasteiger charge is -2.25. The van der Waals surface area contributed by atoms with Crippen molar-refractivity contribution in [2.24, 2.45) is 7.05 Å². The van der Waals surface area contributed by atoms with Gasteiger partial charge < -0.3 is 5.32 Å². The van der Waals surface area contributed by atoms with Crippen LogP contribution in [0.25, 0.3) is 11.0 Å². The number of nitrogens with zero attached hydrogens (tertiary/aromatic N) is 4. The number of aryl methyl sites for hydroxylation is 1. The van der Waals surface area contributed by atoms with Gasteiger partial charge in [0.2, 0.25) is 0 Å². The van der Waals surface area contributed by atoms with Crippen LogP contribution in [0.4, 0.5) is 5.82 Å². The van der Waals surface area contributed by atoms with Crippen LogP contribution in [0.2, 0.25) is 0 Å². The first kappa shape index (κ1) is 10.9. The molecule has 2 heterocycles. The van der Waals surface area contributed by atoms with E-state index in [1.807, 2.05) is 7.05 Å². The Morgan fingerprint density at radius 3 is 2.81 bits per heavy atom. The first-order valence-electron chi connectivity index (χ1n) is 5.44. The van der Waals surface area contributed by atoms with Crippen LogP contribution in [-0.2, 0) is 7.05 Å². The van der Waals surface area contributed by atoms with E-state index in [9.17, 15) is 0 Å². The van der Waals surface area contributed by atoms with Crippen LogP contribution in [0.5, 0.6) is 0 Å². The number of anilines is 1. The summed E-state index contributed by atoms with van der Waals surface area (Å²) >= 11 is 0. The number of rotatable bonds is 3. The normalized spacial score (nSPS) is 12.0. The number of aromatic nitrogens is 4. The Hall–Kier alpha value is -1.65. The molecule has 0 radical (unpaired) electrons. The zero-order valence-corrected chi connectivity index (χ0v) is 10.2. The molecule has 1 N–H and O–H groups in total. The van der Waals surface area contributed by atoms with Crippen molar-refractivity contribution in [2.45, 2.75) is 32.7 Å². The fraction of sp³-hybridized carbons (Fsp3) is 0.545.